The van der Waals surface area contributed by atoms with Gasteiger partial charge in [-0.1, -0.05) is 26.3 Å². The van der Waals surface area contributed by atoms with Crippen LogP contribution in [-0.4, -0.2) is 16.6 Å². The van der Waals surface area contributed by atoms with Crippen LogP contribution in [0.3, 0.4) is 0 Å². The summed E-state index contributed by atoms with van der Waals surface area (Å²) in [7, 11) is 0. The maximum atomic E-state index is 12.0. The molecule has 0 amide bonds. The minimum absolute atomic E-state index is 0.0622. The summed E-state index contributed by atoms with van der Waals surface area (Å²) in [6.07, 6.45) is 6.56. The van der Waals surface area contributed by atoms with Gasteiger partial charge in [-0.15, -0.1) is 0 Å². The van der Waals surface area contributed by atoms with Crippen molar-refractivity contribution in [2.75, 3.05) is 0 Å². The second kappa shape index (κ2) is 5.60. The molecular formula is C13H22O3. The van der Waals surface area contributed by atoms with Gasteiger partial charge in [0, 0.05) is 12.0 Å². The molecule has 1 N–H and O–H groups in total. The Balaban J connectivity index is 3.00. The highest BCUT2D eigenvalue weighted by Gasteiger charge is 2.37. The maximum Gasteiger partial charge on any atom is 0.161 e. The molecule has 0 saturated heterocycles. The van der Waals surface area contributed by atoms with Crippen molar-refractivity contribution in [1.82, 2.24) is 0 Å². The van der Waals surface area contributed by atoms with E-state index in [1.54, 1.807) is 6.92 Å². The fraction of sp³-hybridized carbons (Fsp3) is 0.769. The molecule has 1 aliphatic carbocycles. The van der Waals surface area contributed by atoms with E-state index in [2.05, 4.69) is 4.89 Å². The molecule has 1 atom stereocenters. The largest absolute Gasteiger partial charge is 0.294 e. The van der Waals surface area contributed by atoms with Crippen molar-refractivity contribution in [2.45, 2.75) is 58.5 Å². The molecular weight excluding hydrogens is 204 g/mol. The molecule has 3 nitrogen and oxygen atoms in total. The molecule has 0 fully saturated rings. The molecule has 1 aliphatic rings. The molecule has 0 aliphatic heterocycles. The van der Waals surface area contributed by atoms with Crippen molar-refractivity contribution in [2.24, 2.45) is 5.92 Å². The second-order valence-electron chi connectivity index (χ2n) is 4.99. The number of hydrogen-bond acceptors (Lipinski definition) is 3. The van der Waals surface area contributed by atoms with Crippen molar-refractivity contribution in [3.05, 3.63) is 11.6 Å². The molecule has 0 aromatic rings. The van der Waals surface area contributed by atoms with Crippen molar-refractivity contribution in [3.63, 3.8) is 0 Å². The molecule has 3 heteroatoms. The summed E-state index contributed by atoms with van der Waals surface area (Å²) in [4.78, 5) is 16.6. The molecule has 0 radical (unpaired) electrons. The maximum absolute atomic E-state index is 12.0. The molecule has 0 bridgehead atoms. The van der Waals surface area contributed by atoms with Crippen LogP contribution in [0.1, 0.15) is 52.9 Å². The first-order chi connectivity index (χ1) is 7.52. The van der Waals surface area contributed by atoms with Crippen molar-refractivity contribution in [1.29, 1.82) is 0 Å². The van der Waals surface area contributed by atoms with Crippen molar-refractivity contribution in [3.8, 4) is 0 Å². The van der Waals surface area contributed by atoms with Crippen LogP contribution in [-0.2, 0) is 9.68 Å². The van der Waals surface area contributed by atoms with Gasteiger partial charge in [-0.25, -0.2) is 4.89 Å². The highest BCUT2D eigenvalue weighted by atomic mass is 17.1. The van der Waals surface area contributed by atoms with Gasteiger partial charge in [0.2, 0.25) is 0 Å². The Morgan fingerprint density at radius 2 is 2.06 bits per heavy atom. The molecule has 0 unspecified atom stereocenters. The number of carbonyl (C=O) groups is 1. The average Bonchev–Trinajstić information content (AvgIpc) is 2.23. The number of Topliss-reactive ketones (excluding diaryl/α,β-unsaturated/α-hetero) is 1. The first-order valence-electron chi connectivity index (χ1n) is 6.08. The monoisotopic (exact) mass is 226 g/mol. The van der Waals surface area contributed by atoms with Crippen LogP contribution in [0.15, 0.2) is 11.6 Å². The molecule has 0 saturated carbocycles. The van der Waals surface area contributed by atoms with Gasteiger partial charge < -0.3 is 0 Å². The lowest BCUT2D eigenvalue weighted by Gasteiger charge is -2.32. The zero-order valence-electron chi connectivity index (χ0n) is 10.5. The standard InChI is InChI=1S/C13H22O3/c1-10(2)13(3,16-15)11-8-6-4-5-7-9-12(11)14/h8,10,15H,4-7,9H2,1-3H3/b11-8+/t13-/m0/s1. The Morgan fingerprint density at radius 3 is 2.62 bits per heavy atom. The minimum Gasteiger partial charge on any atom is -0.294 e. The van der Waals surface area contributed by atoms with Crippen molar-refractivity contribution >= 4 is 5.78 Å². The van der Waals surface area contributed by atoms with Crippen molar-refractivity contribution < 1.29 is 14.9 Å². The Bertz CT molecular complexity index is 281. The van der Waals surface area contributed by atoms with E-state index in [9.17, 15) is 4.79 Å². The van der Waals surface area contributed by atoms with Crippen LogP contribution in [0.5, 0.6) is 0 Å². The predicted molar refractivity (Wildman–Crippen MR) is 63.1 cm³/mol. The Hall–Kier alpha value is -0.670. The summed E-state index contributed by atoms with van der Waals surface area (Å²) in [5.74, 6) is 0.178. The average molecular weight is 226 g/mol. The topological polar surface area (TPSA) is 46.5 Å². The zero-order chi connectivity index (χ0) is 12.2. The number of allylic oxidation sites excluding steroid dienone is 1. The summed E-state index contributed by atoms with van der Waals surface area (Å²) in [5, 5.41) is 9.09. The van der Waals surface area contributed by atoms with Crippen LogP contribution < -0.4 is 0 Å². The highest BCUT2D eigenvalue weighted by molar-refractivity contribution is 5.97. The van der Waals surface area contributed by atoms with E-state index >= 15 is 0 Å². The van der Waals surface area contributed by atoms with Gasteiger partial charge in [-0.05, 0) is 32.1 Å². The molecule has 92 valence electrons. The third kappa shape index (κ3) is 2.71. The van der Waals surface area contributed by atoms with Crippen LogP contribution in [0.4, 0.5) is 0 Å². The van der Waals surface area contributed by atoms with Gasteiger partial charge in [-0.3, -0.25) is 10.1 Å². The van der Waals surface area contributed by atoms with Gasteiger partial charge in [0.1, 0.15) is 5.60 Å². The van der Waals surface area contributed by atoms with E-state index in [1.807, 2.05) is 19.9 Å². The second-order valence-corrected chi connectivity index (χ2v) is 4.99. The smallest absolute Gasteiger partial charge is 0.161 e. The third-order valence-corrected chi connectivity index (χ3v) is 3.58. The fourth-order valence-corrected chi connectivity index (χ4v) is 2.05. The quantitative estimate of drug-likeness (QED) is 0.593. The first kappa shape index (κ1) is 13.4. The van der Waals surface area contributed by atoms with Gasteiger partial charge in [0.05, 0.1) is 0 Å². The number of hydrogen-bond donors (Lipinski definition) is 1. The molecule has 16 heavy (non-hydrogen) atoms. The Labute approximate surface area is 97.4 Å². The lowest BCUT2D eigenvalue weighted by Crippen LogP contribution is -2.39. The summed E-state index contributed by atoms with van der Waals surface area (Å²) in [6.45, 7) is 5.68. The zero-order valence-corrected chi connectivity index (χ0v) is 10.5. The fourth-order valence-electron chi connectivity index (χ4n) is 2.05. The lowest BCUT2D eigenvalue weighted by atomic mass is 9.80. The van der Waals surface area contributed by atoms with E-state index in [0.717, 1.165) is 25.7 Å². The lowest BCUT2D eigenvalue weighted by molar-refractivity contribution is -0.316. The Morgan fingerprint density at radius 1 is 1.38 bits per heavy atom. The number of ketones is 1. The molecule has 1 rings (SSSR count). The summed E-state index contributed by atoms with van der Waals surface area (Å²) >= 11 is 0. The highest BCUT2D eigenvalue weighted by Crippen LogP contribution is 2.32. The molecule has 0 aromatic heterocycles. The van der Waals surface area contributed by atoms with E-state index < -0.39 is 5.60 Å². The van der Waals surface area contributed by atoms with Gasteiger partial charge in [0.15, 0.2) is 5.78 Å². The summed E-state index contributed by atoms with van der Waals surface area (Å²) < 4.78 is 0. The van der Waals surface area contributed by atoms with Gasteiger partial charge >= 0.3 is 0 Å². The minimum atomic E-state index is -0.867. The van der Waals surface area contributed by atoms with Crippen LogP contribution in [0, 0.1) is 5.92 Å². The Kier molecular flexibility index (Phi) is 4.69. The third-order valence-electron chi connectivity index (χ3n) is 3.58. The van der Waals surface area contributed by atoms with Crippen LogP contribution in [0.25, 0.3) is 0 Å². The summed E-state index contributed by atoms with van der Waals surface area (Å²) in [6, 6.07) is 0. The van der Waals surface area contributed by atoms with E-state index in [0.29, 0.717) is 12.0 Å². The number of carbonyl (C=O) groups excluding carboxylic acids is 1. The van der Waals surface area contributed by atoms with Gasteiger partial charge in [-0.2, -0.15) is 0 Å². The van der Waals surface area contributed by atoms with Crippen LogP contribution in [0.2, 0.25) is 0 Å². The molecule has 0 heterocycles. The molecule has 0 aromatic carbocycles. The normalized spacial score (nSPS) is 25.6. The first-order valence-corrected chi connectivity index (χ1v) is 6.08. The van der Waals surface area contributed by atoms with Gasteiger partial charge in [0.25, 0.3) is 0 Å². The predicted octanol–water partition coefficient (Wildman–Crippen LogP) is 3.35. The summed E-state index contributed by atoms with van der Waals surface area (Å²) in [5.41, 5.74) is -0.223. The van der Waals surface area contributed by atoms with E-state index in [1.165, 1.54) is 0 Å². The van der Waals surface area contributed by atoms with E-state index in [-0.39, 0.29) is 11.7 Å². The number of rotatable bonds is 3. The van der Waals surface area contributed by atoms with E-state index in [4.69, 9.17) is 5.26 Å². The SMILES string of the molecule is CC(C)[C@](C)(OO)/C1=C/CCCCCC1=O. The molecule has 0 spiro atoms. The van der Waals surface area contributed by atoms with Crippen LogP contribution >= 0.6 is 0 Å².